The highest BCUT2D eigenvalue weighted by Gasteiger charge is 2.21. The first-order chi connectivity index (χ1) is 13.9. The number of rotatable bonds is 8. The smallest absolute Gasteiger partial charge is 0.293 e. The fraction of sp³-hybridized carbons (Fsp3) is 0.100. The number of hydrogen-bond acceptors (Lipinski definition) is 6. The van der Waals surface area contributed by atoms with Crippen molar-refractivity contribution in [3.8, 4) is 5.75 Å². The summed E-state index contributed by atoms with van der Waals surface area (Å²) in [7, 11) is -2.39. The van der Waals surface area contributed by atoms with E-state index in [2.05, 4.69) is 10.0 Å². The monoisotopic (exact) mass is 413 g/mol. The first kappa shape index (κ1) is 20.2. The fourth-order valence-corrected chi connectivity index (χ4v) is 3.72. The maximum atomic E-state index is 12.6. The predicted molar refractivity (Wildman–Crippen MR) is 111 cm³/mol. The van der Waals surface area contributed by atoms with Crippen molar-refractivity contribution in [2.45, 2.75) is 11.4 Å². The van der Waals surface area contributed by atoms with Crippen LogP contribution in [0.2, 0.25) is 0 Å². The lowest BCUT2D eigenvalue weighted by atomic mass is 10.2. The van der Waals surface area contributed by atoms with Gasteiger partial charge in [0.25, 0.3) is 15.7 Å². The number of hydrogen-bond donors (Lipinski definition) is 2. The van der Waals surface area contributed by atoms with Gasteiger partial charge in [0, 0.05) is 18.3 Å². The summed E-state index contributed by atoms with van der Waals surface area (Å²) in [6.07, 6.45) is 0. The van der Waals surface area contributed by atoms with Crippen molar-refractivity contribution in [2.75, 3.05) is 17.1 Å². The molecule has 2 N–H and O–H groups in total. The van der Waals surface area contributed by atoms with Gasteiger partial charge in [-0.15, -0.1) is 0 Å². The van der Waals surface area contributed by atoms with Crippen molar-refractivity contribution in [1.82, 2.24) is 0 Å². The molecule has 0 unspecified atom stereocenters. The van der Waals surface area contributed by atoms with Crippen LogP contribution in [0.15, 0.2) is 77.7 Å². The summed E-state index contributed by atoms with van der Waals surface area (Å²) in [5.74, 6) is 0.709. The highest BCUT2D eigenvalue weighted by molar-refractivity contribution is 7.92. The summed E-state index contributed by atoms with van der Waals surface area (Å²) < 4.78 is 32.6. The van der Waals surface area contributed by atoms with Crippen LogP contribution >= 0.6 is 0 Å². The van der Waals surface area contributed by atoms with Crippen LogP contribution in [0.4, 0.5) is 17.1 Å². The number of sulfonamides is 1. The molecular weight excluding hydrogens is 394 g/mol. The Kier molecular flexibility index (Phi) is 5.99. The van der Waals surface area contributed by atoms with E-state index in [-0.39, 0.29) is 16.3 Å². The zero-order valence-electron chi connectivity index (χ0n) is 15.5. The molecule has 3 rings (SSSR count). The Bertz CT molecular complexity index is 1100. The predicted octanol–water partition coefficient (Wildman–Crippen LogP) is 4.02. The van der Waals surface area contributed by atoms with Crippen LogP contribution in [-0.4, -0.2) is 20.5 Å². The van der Waals surface area contributed by atoms with Crippen molar-refractivity contribution in [3.05, 3.63) is 88.5 Å². The summed E-state index contributed by atoms with van der Waals surface area (Å²) in [5, 5.41) is 14.5. The van der Waals surface area contributed by atoms with E-state index in [1.165, 1.54) is 12.1 Å². The molecule has 8 nitrogen and oxygen atoms in total. The maximum absolute atomic E-state index is 12.6. The molecule has 0 spiro atoms. The molecule has 0 saturated heterocycles. The van der Waals surface area contributed by atoms with Gasteiger partial charge >= 0.3 is 0 Å². The molecule has 9 heteroatoms. The van der Waals surface area contributed by atoms with Gasteiger partial charge in [-0.2, -0.15) is 0 Å². The van der Waals surface area contributed by atoms with E-state index < -0.39 is 14.9 Å². The van der Waals surface area contributed by atoms with E-state index in [0.717, 1.165) is 11.6 Å². The Hall–Kier alpha value is -3.59. The van der Waals surface area contributed by atoms with E-state index >= 15 is 0 Å². The molecule has 0 aliphatic carbocycles. The average Bonchev–Trinajstić information content (AvgIpc) is 2.72. The van der Waals surface area contributed by atoms with Crippen LogP contribution in [-0.2, 0) is 16.6 Å². The third-order valence-electron chi connectivity index (χ3n) is 4.14. The van der Waals surface area contributed by atoms with E-state index in [9.17, 15) is 18.5 Å². The fourth-order valence-electron chi connectivity index (χ4n) is 2.64. The average molecular weight is 413 g/mol. The number of nitro groups is 1. The molecule has 3 aromatic rings. The van der Waals surface area contributed by atoms with Crippen LogP contribution in [0, 0.1) is 10.1 Å². The number of nitrogens with one attached hydrogen (secondary N) is 2. The lowest BCUT2D eigenvalue weighted by molar-refractivity contribution is -0.384. The third kappa shape index (κ3) is 5.02. The first-order valence-electron chi connectivity index (χ1n) is 8.62. The van der Waals surface area contributed by atoms with Crippen molar-refractivity contribution in [2.24, 2.45) is 0 Å². The molecule has 0 radical (unpaired) electrons. The number of anilines is 2. The quantitative estimate of drug-likeness (QED) is 0.426. The summed E-state index contributed by atoms with van der Waals surface area (Å²) in [6, 6.07) is 19.3. The minimum Gasteiger partial charge on any atom is -0.497 e. The van der Waals surface area contributed by atoms with Crippen LogP contribution in [0.5, 0.6) is 5.75 Å². The molecule has 0 aliphatic rings. The molecule has 0 fully saturated rings. The Morgan fingerprint density at radius 2 is 1.69 bits per heavy atom. The van der Waals surface area contributed by atoms with Crippen molar-refractivity contribution in [3.63, 3.8) is 0 Å². The second kappa shape index (κ2) is 8.61. The van der Waals surface area contributed by atoms with Gasteiger partial charge in [0.05, 0.1) is 16.9 Å². The normalized spacial score (nSPS) is 10.9. The largest absolute Gasteiger partial charge is 0.497 e. The highest BCUT2D eigenvalue weighted by Crippen LogP contribution is 2.29. The lowest BCUT2D eigenvalue weighted by Crippen LogP contribution is -2.13. The molecule has 3 aromatic carbocycles. The summed E-state index contributed by atoms with van der Waals surface area (Å²) in [5.41, 5.74) is 1.17. The van der Waals surface area contributed by atoms with Gasteiger partial charge in [0.15, 0.2) is 0 Å². The van der Waals surface area contributed by atoms with Crippen molar-refractivity contribution < 1.29 is 18.1 Å². The molecule has 29 heavy (non-hydrogen) atoms. The van der Waals surface area contributed by atoms with Gasteiger partial charge in [-0.3, -0.25) is 14.8 Å². The van der Waals surface area contributed by atoms with Gasteiger partial charge < -0.3 is 10.1 Å². The SMILES string of the molecule is COc1ccc(CNc2ccc(S(=O)(=O)Nc3ccccc3)cc2[N+](=O)[O-])cc1. The first-order valence-corrected chi connectivity index (χ1v) is 10.1. The van der Waals surface area contributed by atoms with Gasteiger partial charge in [0.2, 0.25) is 0 Å². The molecule has 0 atom stereocenters. The molecule has 0 bridgehead atoms. The topological polar surface area (TPSA) is 111 Å². The third-order valence-corrected chi connectivity index (χ3v) is 5.52. The molecule has 0 aromatic heterocycles. The Morgan fingerprint density at radius 1 is 1.00 bits per heavy atom. The van der Waals surface area contributed by atoms with Crippen molar-refractivity contribution in [1.29, 1.82) is 0 Å². The molecule has 0 saturated carbocycles. The summed E-state index contributed by atoms with van der Waals surface area (Å²) in [4.78, 5) is 10.7. The minimum atomic E-state index is -3.96. The van der Waals surface area contributed by atoms with Gasteiger partial charge in [0.1, 0.15) is 11.4 Å². The Balaban J connectivity index is 1.81. The molecule has 150 valence electrons. The van der Waals surface area contributed by atoms with E-state index in [1.54, 1.807) is 49.6 Å². The zero-order chi connectivity index (χ0) is 20.9. The number of ether oxygens (including phenoxy) is 1. The van der Waals surface area contributed by atoms with Gasteiger partial charge in [-0.25, -0.2) is 8.42 Å². The van der Waals surface area contributed by atoms with Crippen molar-refractivity contribution >= 4 is 27.1 Å². The van der Waals surface area contributed by atoms with E-state index in [1.807, 2.05) is 12.1 Å². The molecule has 0 amide bonds. The number of nitro benzene ring substituents is 1. The van der Waals surface area contributed by atoms with E-state index in [0.29, 0.717) is 18.0 Å². The summed E-state index contributed by atoms with van der Waals surface area (Å²) in [6.45, 7) is 0.333. The van der Waals surface area contributed by atoms with Crippen LogP contribution in [0.1, 0.15) is 5.56 Å². The molecular formula is C20H19N3O5S. The van der Waals surface area contributed by atoms with Crippen LogP contribution < -0.4 is 14.8 Å². The van der Waals surface area contributed by atoms with Gasteiger partial charge in [-0.1, -0.05) is 30.3 Å². The standard InChI is InChI=1S/C20H19N3O5S/c1-28-17-9-7-15(8-10-17)14-21-19-12-11-18(13-20(19)23(24)25)29(26,27)22-16-5-3-2-4-6-16/h2-13,21-22H,14H2,1H3. The minimum absolute atomic E-state index is 0.192. The second-order valence-corrected chi connectivity index (χ2v) is 7.79. The zero-order valence-corrected chi connectivity index (χ0v) is 16.3. The highest BCUT2D eigenvalue weighted by atomic mass is 32.2. The molecule has 0 aliphatic heterocycles. The van der Waals surface area contributed by atoms with E-state index in [4.69, 9.17) is 4.74 Å². The number of methoxy groups -OCH3 is 1. The number of benzene rings is 3. The van der Waals surface area contributed by atoms with Gasteiger partial charge in [-0.05, 0) is 42.0 Å². The summed E-state index contributed by atoms with van der Waals surface area (Å²) >= 11 is 0. The number of nitrogens with zero attached hydrogens (tertiary/aromatic N) is 1. The Morgan fingerprint density at radius 3 is 2.31 bits per heavy atom. The van der Waals surface area contributed by atoms with Crippen LogP contribution in [0.25, 0.3) is 0 Å². The van der Waals surface area contributed by atoms with Crippen LogP contribution in [0.3, 0.4) is 0 Å². The second-order valence-electron chi connectivity index (χ2n) is 6.11. The molecule has 0 heterocycles. The maximum Gasteiger partial charge on any atom is 0.293 e. The lowest BCUT2D eigenvalue weighted by Gasteiger charge is -2.11. The number of para-hydroxylation sites is 1. The Labute approximate surface area is 168 Å².